The maximum absolute atomic E-state index is 13.7. The molecular weight excluding hydrogens is 688 g/mol. The van der Waals surface area contributed by atoms with Crippen LogP contribution in [-0.4, -0.2) is 93.5 Å². The number of alkyl halides is 3. The number of fused-ring (bicyclic) bond motifs is 1. The van der Waals surface area contributed by atoms with Crippen LogP contribution in [0.4, 0.5) is 28.9 Å². The summed E-state index contributed by atoms with van der Waals surface area (Å²) < 4.78 is 57.7. The highest BCUT2D eigenvalue weighted by atomic mass is 35.5. The summed E-state index contributed by atoms with van der Waals surface area (Å²) in [5, 5.41) is 16.5. The zero-order valence-electron chi connectivity index (χ0n) is 27.3. The van der Waals surface area contributed by atoms with Crippen LogP contribution in [0.15, 0.2) is 53.1 Å². The number of anilines is 2. The third kappa shape index (κ3) is 8.05. The maximum Gasteiger partial charge on any atom is 0.419 e. The third-order valence-electron chi connectivity index (χ3n) is 7.88. The van der Waals surface area contributed by atoms with E-state index in [0.717, 1.165) is 11.9 Å². The van der Waals surface area contributed by atoms with Crippen molar-refractivity contribution < 1.29 is 37.0 Å². The van der Waals surface area contributed by atoms with Crippen molar-refractivity contribution in [3.63, 3.8) is 0 Å². The SMILES string of the molecule is C=CN=C(C(=C)O)C(=O)N1CCN(c2c(CC)n(CC=O)c3nc(C4=CCOCC4)nn3c2=O)CC1.CNc1cc(F)c(C(F)(F)F)cc1Cl. The fourth-order valence-electron chi connectivity index (χ4n) is 5.48. The molecule has 0 bridgehead atoms. The van der Waals surface area contributed by atoms with Gasteiger partial charge in [-0.1, -0.05) is 37.8 Å². The summed E-state index contributed by atoms with van der Waals surface area (Å²) in [7, 11) is 1.44. The van der Waals surface area contributed by atoms with Gasteiger partial charge >= 0.3 is 6.18 Å². The van der Waals surface area contributed by atoms with Gasteiger partial charge in [0.2, 0.25) is 5.78 Å². The van der Waals surface area contributed by atoms with E-state index >= 15 is 0 Å². The maximum atomic E-state index is 13.7. The highest BCUT2D eigenvalue weighted by molar-refractivity contribution is 6.44. The number of carbonyl (C=O) groups excluding carboxylic acids is 2. The van der Waals surface area contributed by atoms with Crippen molar-refractivity contribution in [2.75, 3.05) is 56.7 Å². The van der Waals surface area contributed by atoms with E-state index in [-0.39, 0.29) is 28.5 Å². The number of rotatable bonds is 9. The molecule has 18 heteroatoms. The second-order valence-electron chi connectivity index (χ2n) is 10.9. The summed E-state index contributed by atoms with van der Waals surface area (Å²) in [5.41, 5.74) is 0.280. The molecule has 268 valence electrons. The second-order valence-corrected chi connectivity index (χ2v) is 11.3. The standard InChI is InChI=1S/C24H29N7O5.C8H6ClF4N/c1-4-18-20(28-8-10-29(11-9-28)22(34)19(16(3)33)25-5-2)23(35)31-24(30(18)12-13-32)26-21(27-31)17-6-14-36-15-7-17;1-14-7-3-6(10)4(2-5(7)9)8(11,12)13/h5-6,13,33H,2-4,7-12,14-15H2,1H3;2-3,14H,1H3. The topological polar surface area (TPSA) is 147 Å². The predicted molar refractivity (Wildman–Crippen MR) is 180 cm³/mol. The average Bonchev–Trinajstić information content (AvgIpc) is 3.55. The number of amides is 1. The van der Waals surface area contributed by atoms with E-state index in [1.54, 1.807) is 9.47 Å². The fourth-order valence-corrected chi connectivity index (χ4v) is 5.74. The lowest BCUT2D eigenvalue weighted by Gasteiger charge is -2.36. The Labute approximate surface area is 288 Å². The number of benzene rings is 1. The number of carbonyl (C=O) groups is 2. The molecular formula is C32H35ClF4N8O5. The Morgan fingerprint density at radius 2 is 1.94 bits per heavy atom. The second kappa shape index (κ2) is 16.1. The lowest BCUT2D eigenvalue weighted by Crippen LogP contribution is -2.52. The number of hydrogen-bond donors (Lipinski definition) is 2. The van der Waals surface area contributed by atoms with E-state index in [0.29, 0.717) is 87.4 Å². The number of aldehydes is 1. The van der Waals surface area contributed by atoms with E-state index < -0.39 is 29.2 Å². The van der Waals surface area contributed by atoms with Crippen molar-refractivity contribution >= 4 is 52.2 Å². The van der Waals surface area contributed by atoms with Crippen LogP contribution in [0.1, 0.15) is 30.4 Å². The first-order valence-corrected chi connectivity index (χ1v) is 15.7. The van der Waals surface area contributed by atoms with Crippen LogP contribution in [0.2, 0.25) is 5.02 Å². The number of piperazine rings is 1. The van der Waals surface area contributed by atoms with Crippen molar-refractivity contribution in [2.45, 2.75) is 32.5 Å². The number of aromatic nitrogens is 4. The zero-order chi connectivity index (χ0) is 36.7. The van der Waals surface area contributed by atoms with Crippen LogP contribution in [0.3, 0.4) is 0 Å². The molecule has 0 saturated carbocycles. The van der Waals surface area contributed by atoms with Gasteiger partial charge in [0.05, 0.1) is 41.7 Å². The van der Waals surface area contributed by atoms with Crippen LogP contribution in [-0.2, 0) is 33.5 Å². The fraction of sp³-hybridized carbons (Fsp3) is 0.375. The molecule has 2 N–H and O–H groups in total. The van der Waals surface area contributed by atoms with Crippen molar-refractivity contribution in [1.82, 2.24) is 24.1 Å². The normalized spacial score (nSPS) is 15.3. The van der Waals surface area contributed by atoms with Gasteiger partial charge in [-0.25, -0.2) is 9.38 Å². The molecule has 1 saturated heterocycles. The molecule has 2 aliphatic heterocycles. The van der Waals surface area contributed by atoms with Crippen molar-refractivity contribution in [3.8, 4) is 0 Å². The first-order chi connectivity index (χ1) is 23.8. The van der Waals surface area contributed by atoms with Gasteiger partial charge in [0.15, 0.2) is 11.5 Å². The Morgan fingerprint density at radius 3 is 2.48 bits per heavy atom. The molecule has 1 aromatic carbocycles. The van der Waals surface area contributed by atoms with Gasteiger partial charge in [0.1, 0.15) is 23.5 Å². The summed E-state index contributed by atoms with van der Waals surface area (Å²) in [6.45, 7) is 11.1. The molecule has 0 atom stereocenters. The Kier molecular flexibility index (Phi) is 12.2. The van der Waals surface area contributed by atoms with E-state index in [4.69, 9.17) is 16.3 Å². The number of nitrogens with one attached hydrogen (secondary N) is 1. The molecule has 0 spiro atoms. The number of hydrogen-bond acceptors (Lipinski definition) is 10. The van der Waals surface area contributed by atoms with Crippen molar-refractivity contribution in [3.05, 3.63) is 81.6 Å². The Bertz CT molecular complexity index is 1910. The molecule has 4 heterocycles. The summed E-state index contributed by atoms with van der Waals surface area (Å²) in [6.07, 6.45) is 0.253. The lowest BCUT2D eigenvalue weighted by atomic mass is 10.1. The smallest absolute Gasteiger partial charge is 0.419 e. The molecule has 2 aromatic heterocycles. The largest absolute Gasteiger partial charge is 0.506 e. The molecule has 1 amide bonds. The monoisotopic (exact) mass is 722 g/mol. The molecule has 0 aliphatic carbocycles. The summed E-state index contributed by atoms with van der Waals surface area (Å²) in [4.78, 5) is 49.9. The molecule has 2 aliphatic rings. The number of aliphatic hydroxyl groups excluding tert-OH is 1. The summed E-state index contributed by atoms with van der Waals surface area (Å²) >= 11 is 5.48. The number of ether oxygens (including phenoxy) is 1. The minimum Gasteiger partial charge on any atom is -0.506 e. The number of nitrogens with zero attached hydrogens (tertiary/aromatic N) is 7. The van der Waals surface area contributed by atoms with Crippen LogP contribution in [0.5, 0.6) is 0 Å². The first-order valence-electron chi connectivity index (χ1n) is 15.4. The zero-order valence-corrected chi connectivity index (χ0v) is 28.0. The molecule has 0 radical (unpaired) electrons. The van der Waals surface area contributed by atoms with Gasteiger partial charge in [0, 0.05) is 39.4 Å². The number of aliphatic imine (C=N–C) groups is 1. The Morgan fingerprint density at radius 1 is 1.24 bits per heavy atom. The van der Waals surface area contributed by atoms with Crippen LogP contribution < -0.4 is 15.8 Å². The highest BCUT2D eigenvalue weighted by Gasteiger charge is 2.35. The quantitative estimate of drug-likeness (QED) is 0.143. The summed E-state index contributed by atoms with van der Waals surface area (Å²) in [6, 6.07) is 1.27. The van der Waals surface area contributed by atoms with Crippen LogP contribution in [0, 0.1) is 5.82 Å². The van der Waals surface area contributed by atoms with Crippen molar-refractivity contribution in [1.29, 1.82) is 0 Å². The molecule has 50 heavy (non-hydrogen) atoms. The van der Waals surface area contributed by atoms with E-state index in [1.807, 2.05) is 17.9 Å². The average molecular weight is 723 g/mol. The van der Waals surface area contributed by atoms with Gasteiger partial charge in [0.25, 0.3) is 11.5 Å². The van der Waals surface area contributed by atoms with Gasteiger partial charge < -0.3 is 34.3 Å². The van der Waals surface area contributed by atoms with Gasteiger partial charge in [-0.05, 0) is 30.5 Å². The van der Waals surface area contributed by atoms with Gasteiger partial charge in [-0.15, -0.1) is 5.10 Å². The molecule has 1 fully saturated rings. The van der Waals surface area contributed by atoms with Gasteiger partial charge in [-0.2, -0.15) is 22.7 Å². The Balaban J connectivity index is 0.000000337. The van der Waals surface area contributed by atoms with Crippen LogP contribution >= 0.6 is 11.6 Å². The minimum absolute atomic E-state index is 0.0265. The number of aliphatic hydroxyl groups is 1. The summed E-state index contributed by atoms with van der Waals surface area (Å²) in [5.74, 6) is -1.47. The highest BCUT2D eigenvalue weighted by Crippen LogP contribution is 2.36. The third-order valence-corrected chi connectivity index (χ3v) is 8.19. The minimum atomic E-state index is -4.72. The molecule has 3 aromatic rings. The first kappa shape index (κ1) is 37.8. The predicted octanol–water partition coefficient (Wildman–Crippen LogP) is 4.30. The molecule has 5 rings (SSSR count). The van der Waals surface area contributed by atoms with E-state index in [2.05, 4.69) is 33.5 Å². The van der Waals surface area contributed by atoms with E-state index in [9.17, 15) is 37.1 Å². The Hall–Kier alpha value is -5.03. The molecule has 0 unspecified atom stereocenters. The van der Waals surface area contributed by atoms with E-state index in [1.165, 1.54) is 17.8 Å². The van der Waals surface area contributed by atoms with Crippen LogP contribution in [0.25, 0.3) is 11.4 Å². The molecule has 13 nitrogen and oxygen atoms in total. The van der Waals surface area contributed by atoms with Crippen molar-refractivity contribution in [2.24, 2.45) is 4.99 Å². The van der Waals surface area contributed by atoms with Gasteiger partial charge in [-0.3, -0.25) is 9.59 Å². The number of halogens is 5. The lowest BCUT2D eigenvalue weighted by molar-refractivity contribution is -0.140.